The molecular weight excluding hydrogens is 250 g/mol. The molecule has 1 aromatic rings. The molecule has 5 N–H and O–H groups in total. The van der Waals surface area contributed by atoms with Crippen LogP contribution in [0.3, 0.4) is 0 Å². The molecule has 0 aliphatic carbocycles. The van der Waals surface area contributed by atoms with E-state index in [0.29, 0.717) is 0 Å². The molecule has 0 heterocycles. The van der Waals surface area contributed by atoms with Crippen molar-refractivity contribution in [2.45, 2.75) is 6.54 Å². The lowest BCUT2D eigenvalue weighted by atomic mass is 10.1. The van der Waals surface area contributed by atoms with Crippen LogP contribution in [0.2, 0.25) is 0 Å². The van der Waals surface area contributed by atoms with E-state index in [9.17, 15) is 14.4 Å². The van der Waals surface area contributed by atoms with Gasteiger partial charge >= 0.3 is 5.97 Å². The van der Waals surface area contributed by atoms with Gasteiger partial charge in [-0.25, -0.2) is 4.79 Å². The molecule has 0 aliphatic heterocycles. The lowest BCUT2D eigenvalue weighted by Crippen LogP contribution is -2.39. The molecule has 19 heavy (non-hydrogen) atoms. The first-order valence-electron chi connectivity index (χ1n) is 5.49. The molecule has 1 rings (SSSR count). The number of carboxylic acid groups (broad SMARTS) is 1. The number of hydrogen-bond acceptors (Lipinski definition) is 4. The molecule has 0 fully saturated rings. The number of carbonyl (C=O) groups excluding carboxylic acids is 2. The zero-order valence-electron chi connectivity index (χ0n) is 10.2. The van der Waals surface area contributed by atoms with Crippen molar-refractivity contribution in [3.05, 3.63) is 35.4 Å². The Kier molecular flexibility index (Phi) is 5.01. The van der Waals surface area contributed by atoms with Gasteiger partial charge in [0, 0.05) is 6.54 Å². The van der Waals surface area contributed by atoms with Gasteiger partial charge in [0.1, 0.15) is 0 Å². The quantitative estimate of drug-likeness (QED) is 0.592. The van der Waals surface area contributed by atoms with E-state index in [1.165, 1.54) is 17.0 Å². The van der Waals surface area contributed by atoms with Crippen molar-refractivity contribution >= 4 is 17.8 Å². The molecule has 0 saturated carbocycles. The first-order chi connectivity index (χ1) is 8.88. The molecular formula is C12H15N3O4. The van der Waals surface area contributed by atoms with E-state index >= 15 is 0 Å². The van der Waals surface area contributed by atoms with E-state index in [4.69, 9.17) is 16.6 Å². The topological polar surface area (TPSA) is 127 Å². The lowest BCUT2D eigenvalue weighted by molar-refractivity contribution is -0.122. The lowest BCUT2D eigenvalue weighted by Gasteiger charge is -2.18. The van der Waals surface area contributed by atoms with Crippen molar-refractivity contribution in [3.63, 3.8) is 0 Å². The highest BCUT2D eigenvalue weighted by molar-refractivity contribution is 5.87. The zero-order valence-corrected chi connectivity index (χ0v) is 10.2. The van der Waals surface area contributed by atoms with Crippen LogP contribution < -0.4 is 11.5 Å². The summed E-state index contributed by atoms with van der Waals surface area (Å²) in [5.41, 5.74) is 11.1. The minimum absolute atomic E-state index is 0.0936. The number of nitrogens with zero attached hydrogens (tertiary/aromatic N) is 1. The van der Waals surface area contributed by atoms with Crippen molar-refractivity contribution in [3.8, 4) is 0 Å². The normalized spacial score (nSPS) is 10.4. The largest absolute Gasteiger partial charge is 0.478 e. The highest BCUT2D eigenvalue weighted by Crippen LogP contribution is 2.07. The summed E-state index contributed by atoms with van der Waals surface area (Å²) in [4.78, 5) is 33.9. The van der Waals surface area contributed by atoms with Crippen molar-refractivity contribution in [1.29, 1.82) is 0 Å². The SMILES string of the molecule is NC(=O)CN(CC(N)=O)Cc1ccc(C(=O)O)cc1. The standard InChI is InChI=1S/C12H15N3O4/c13-10(16)6-15(7-11(14)17)5-8-1-3-9(4-2-8)12(18)19/h1-4H,5-7H2,(H2,13,16)(H2,14,17)(H,18,19). The average Bonchev–Trinajstić information content (AvgIpc) is 2.27. The maximum Gasteiger partial charge on any atom is 0.335 e. The molecule has 0 saturated heterocycles. The van der Waals surface area contributed by atoms with Crippen LogP contribution in [0.25, 0.3) is 0 Å². The average molecular weight is 265 g/mol. The number of benzene rings is 1. The van der Waals surface area contributed by atoms with Gasteiger partial charge in [-0.3, -0.25) is 14.5 Å². The third-order valence-corrected chi connectivity index (χ3v) is 2.37. The van der Waals surface area contributed by atoms with Crippen molar-refractivity contribution in [2.24, 2.45) is 11.5 Å². The van der Waals surface area contributed by atoms with Crippen LogP contribution in [0.4, 0.5) is 0 Å². The van der Waals surface area contributed by atoms with Gasteiger partial charge in [0.25, 0.3) is 0 Å². The fourth-order valence-electron chi connectivity index (χ4n) is 1.62. The van der Waals surface area contributed by atoms with Crippen LogP contribution in [0.15, 0.2) is 24.3 Å². The summed E-state index contributed by atoms with van der Waals surface area (Å²) >= 11 is 0. The van der Waals surface area contributed by atoms with Gasteiger partial charge in [-0.05, 0) is 17.7 Å². The molecule has 2 amide bonds. The van der Waals surface area contributed by atoms with Crippen molar-refractivity contribution in [2.75, 3.05) is 13.1 Å². The molecule has 102 valence electrons. The van der Waals surface area contributed by atoms with E-state index in [-0.39, 0.29) is 25.2 Å². The molecule has 7 nitrogen and oxygen atoms in total. The summed E-state index contributed by atoms with van der Waals surface area (Å²) in [5.74, 6) is -2.15. The van der Waals surface area contributed by atoms with Gasteiger partial charge in [-0.1, -0.05) is 12.1 Å². The zero-order chi connectivity index (χ0) is 14.4. The van der Waals surface area contributed by atoms with Gasteiger partial charge < -0.3 is 16.6 Å². The Labute approximate surface area is 109 Å². The first-order valence-corrected chi connectivity index (χ1v) is 5.49. The number of primary amides is 2. The predicted octanol–water partition coefficient (Wildman–Crippen LogP) is -0.843. The maximum atomic E-state index is 10.9. The Morgan fingerprint density at radius 2 is 1.47 bits per heavy atom. The van der Waals surface area contributed by atoms with Gasteiger partial charge in [0.2, 0.25) is 11.8 Å². The molecule has 0 unspecified atom stereocenters. The highest BCUT2D eigenvalue weighted by atomic mass is 16.4. The highest BCUT2D eigenvalue weighted by Gasteiger charge is 2.12. The van der Waals surface area contributed by atoms with Crippen LogP contribution in [0, 0.1) is 0 Å². The molecule has 0 aromatic heterocycles. The second-order valence-corrected chi connectivity index (χ2v) is 4.08. The molecule has 1 aromatic carbocycles. The minimum atomic E-state index is -1.02. The van der Waals surface area contributed by atoms with Crippen LogP contribution >= 0.6 is 0 Å². The van der Waals surface area contributed by atoms with Crippen LogP contribution in [0.5, 0.6) is 0 Å². The second-order valence-electron chi connectivity index (χ2n) is 4.08. The Morgan fingerprint density at radius 1 is 1.00 bits per heavy atom. The summed E-state index contributed by atoms with van der Waals surface area (Å²) in [5, 5.41) is 8.76. The van der Waals surface area contributed by atoms with Gasteiger partial charge in [-0.15, -0.1) is 0 Å². The smallest absolute Gasteiger partial charge is 0.335 e. The van der Waals surface area contributed by atoms with E-state index < -0.39 is 17.8 Å². The van der Waals surface area contributed by atoms with E-state index in [0.717, 1.165) is 5.56 Å². The first kappa shape index (κ1) is 14.7. The monoisotopic (exact) mass is 265 g/mol. The van der Waals surface area contributed by atoms with E-state index in [2.05, 4.69) is 0 Å². The molecule has 0 spiro atoms. The molecule has 0 bridgehead atoms. The molecule has 0 atom stereocenters. The number of carbonyl (C=O) groups is 3. The van der Waals surface area contributed by atoms with Gasteiger partial charge in [0.15, 0.2) is 0 Å². The van der Waals surface area contributed by atoms with Crippen molar-refractivity contribution in [1.82, 2.24) is 4.90 Å². The summed E-state index contributed by atoms with van der Waals surface area (Å²) in [7, 11) is 0. The van der Waals surface area contributed by atoms with E-state index in [1.807, 2.05) is 0 Å². The number of rotatable bonds is 7. The number of amides is 2. The van der Waals surface area contributed by atoms with Crippen LogP contribution in [-0.2, 0) is 16.1 Å². The summed E-state index contributed by atoms with van der Waals surface area (Å²) in [6.45, 7) is 0.0963. The Bertz CT molecular complexity index is 468. The third kappa shape index (κ3) is 5.17. The molecule has 0 radical (unpaired) electrons. The van der Waals surface area contributed by atoms with E-state index in [1.54, 1.807) is 12.1 Å². The maximum absolute atomic E-state index is 10.9. The van der Waals surface area contributed by atoms with Crippen molar-refractivity contribution < 1.29 is 19.5 Å². The number of hydrogen-bond donors (Lipinski definition) is 3. The van der Waals surface area contributed by atoms with Gasteiger partial charge in [0.05, 0.1) is 18.7 Å². The van der Waals surface area contributed by atoms with Crippen LogP contribution in [0.1, 0.15) is 15.9 Å². The Morgan fingerprint density at radius 3 is 1.84 bits per heavy atom. The molecule has 7 heteroatoms. The summed E-state index contributed by atoms with van der Waals surface area (Å²) in [6.07, 6.45) is 0. The Hall–Kier alpha value is -2.41. The summed E-state index contributed by atoms with van der Waals surface area (Å²) in [6, 6.07) is 6.12. The Balaban J connectivity index is 2.74. The fourth-order valence-corrected chi connectivity index (χ4v) is 1.62. The summed E-state index contributed by atoms with van der Waals surface area (Å²) < 4.78 is 0. The molecule has 0 aliphatic rings. The third-order valence-electron chi connectivity index (χ3n) is 2.37. The predicted molar refractivity (Wildman–Crippen MR) is 67.1 cm³/mol. The minimum Gasteiger partial charge on any atom is -0.478 e. The number of aromatic carboxylic acids is 1. The van der Waals surface area contributed by atoms with Crippen LogP contribution in [-0.4, -0.2) is 40.9 Å². The fraction of sp³-hybridized carbons (Fsp3) is 0.250. The van der Waals surface area contributed by atoms with Gasteiger partial charge in [-0.2, -0.15) is 0 Å². The number of carboxylic acids is 1. The second kappa shape index (κ2) is 6.50. The number of nitrogens with two attached hydrogens (primary N) is 2.